The van der Waals surface area contributed by atoms with Crippen LogP contribution in [-0.2, 0) is 4.74 Å². The fourth-order valence-corrected chi connectivity index (χ4v) is 1.27. The van der Waals surface area contributed by atoms with Crippen molar-refractivity contribution in [1.82, 2.24) is 0 Å². The molecule has 0 aliphatic carbocycles. The molecule has 0 aromatic heterocycles. The summed E-state index contributed by atoms with van der Waals surface area (Å²) in [5, 5.41) is 0. The summed E-state index contributed by atoms with van der Waals surface area (Å²) in [6.45, 7) is 1.94. The quantitative estimate of drug-likeness (QED) is 0.496. The highest BCUT2D eigenvalue weighted by Crippen LogP contribution is 2.01. The first-order valence-corrected chi connectivity index (χ1v) is 3.68. The fourth-order valence-electron chi connectivity index (χ4n) is 1.27. The van der Waals surface area contributed by atoms with Gasteiger partial charge in [0.2, 0.25) is 0 Å². The summed E-state index contributed by atoms with van der Waals surface area (Å²) >= 11 is 0. The molecule has 0 saturated carbocycles. The Morgan fingerprint density at radius 1 is 1.22 bits per heavy atom. The van der Waals surface area contributed by atoms with E-state index in [4.69, 9.17) is 4.74 Å². The van der Waals surface area contributed by atoms with E-state index >= 15 is 0 Å². The van der Waals surface area contributed by atoms with Crippen LogP contribution >= 0.6 is 0 Å². The van der Waals surface area contributed by atoms with Crippen molar-refractivity contribution in [3.8, 4) is 0 Å². The van der Waals surface area contributed by atoms with E-state index in [0.717, 1.165) is 19.3 Å². The molecular weight excluding hydrogens is 114 g/mol. The molecular formula is C7H16NO+. The van der Waals surface area contributed by atoms with E-state index in [2.05, 4.69) is 14.1 Å². The minimum absolute atomic E-state index is 0.846. The van der Waals surface area contributed by atoms with E-state index in [-0.39, 0.29) is 0 Å². The molecule has 0 aromatic rings. The van der Waals surface area contributed by atoms with Gasteiger partial charge in [-0.2, -0.15) is 0 Å². The molecule has 0 unspecified atom stereocenters. The Bertz CT molecular complexity index is 77.0. The average molecular weight is 130 g/mol. The molecule has 0 amide bonds. The molecule has 54 valence electrons. The smallest absolute Gasteiger partial charge is 0.0915 e. The van der Waals surface area contributed by atoms with Crippen molar-refractivity contribution in [2.75, 3.05) is 27.3 Å². The van der Waals surface area contributed by atoms with Gasteiger partial charge in [0.25, 0.3) is 0 Å². The van der Waals surface area contributed by atoms with Crippen molar-refractivity contribution >= 4 is 0 Å². The largest absolute Gasteiger partial charge is 0.381 e. The maximum Gasteiger partial charge on any atom is 0.0915 e. The van der Waals surface area contributed by atoms with Gasteiger partial charge in [0.1, 0.15) is 0 Å². The third kappa shape index (κ3) is 1.95. The number of hydrogen-bond acceptors (Lipinski definition) is 1. The molecule has 1 fully saturated rings. The van der Waals surface area contributed by atoms with Gasteiger partial charge in [-0.25, -0.2) is 0 Å². The Morgan fingerprint density at radius 3 is 2.11 bits per heavy atom. The predicted molar refractivity (Wildman–Crippen MR) is 36.7 cm³/mol. The molecule has 1 saturated heterocycles. The monoisotopic (exact) mass is 130 g/mol. The molecule has 0 atom stereocenters. The highest BCUT2D eigenvalue weighted by Gasteiger charge is 2.17. The maximum absolute atomic E-state index is 5.24. The summed E-state index contributed by atoms with van der Waals surface area (Å²) < 4.78 is 5.24. The van der Waals surface area contributed by atoms with Crippen LogP contribution in [0.4, 0.5) is 0 Å². The zero-order chi connectivity index (χ0) is 6.69. The normalized spacial score (nSPS) is 23.0. The van der Waals surface area contributed by atoms with E-state index in [0.29, 0.717) is 0 Å². The van der Waals surface area contributed by atoms with Crippen molar-refractivity contribution in [2.45, 2.75) is 18.9 Å². The topological polar surface area (TPSA) is 13.7 Å². The standard InChI is InChI=1S/C7H15NO/c1-8(2)7-3-5-9-6-4-7/h7H,3-6H2,1-2H3/p+1. The molecule has 0 spiro atoms. The number of ether oxygens (including phenoxy) is 1. The molecule has 1 aliphatic heterocycles. The van der Waals surface area contributed by atoms with E-state index in [1.807, 2.05) is 0 Å². The van der Waals surface area contributed by atoms with E-state index in [1.165, 1.54) is 12.8 Å². The van der Waals surface area contributed by atoms with Gasteiger partial charge in [0.15, 0.2) is 0 Å². The summed E-state index contributed by atoms with van der Waals surface area (Å²) in [7, 11) is 4.44. The van der Waals surface area contributed by atoms with Crippen LogP contribution in [0.15, 0.2) is 0 Å². The highest BCUT2D eigenvalue weighted by atomic mass is 16.5. The van der Waals surface area contributed by atoms with Crippen LogP contribution in [0.25, 0.3) is 0 Å². The van der Waals surface area contributed by atoms with Crippen LogP contribution in [0.1, 0.15) is 12.8 Å². The molecule has 9 heavy (non-hydrogen) atoms. The van der Waals surface area contributed by atoms with Gasteiger partial charge >= 0.3 is 0 Å². The van der Waals surface area contributed by atoms with Crippen molar-refractivity contribution in [3.63, 3.8) is 0 Å². The minimum atomic E-state index is 0.846. The second kappa shape index (κ2) is 3.18. The Hall–Kier alpha value is -0.0800. The summed E-state index contributed by atoms with van der Waals surface area (Å²) in [6, 6.07) is 0.846. The zero-order valence-corrected chi connectivity index (χ0v) is 6.31. The van der Waals surface area contributed by atoms with Crippen LogP contribution in [0.5, 0.6) is 0 Å². The summed E-state index contributed by atoms with van der Waals surface area (Å²) in [4.78, 5) is 1.57. The van der Waals surface area contributed by atoms with Crippen LogP contribution in [0, 0.1) is 0 Å². The lowest BCUT2D eigenvalue weighted by Gasteiger charge is -2.24. The van der Waals surface area contributed by atoms with Gasteiger partial charge in [0.05, 0.1) is 33.4 Å². The van der Waals surface area contributed by atoms with Gasteiger partial charge in [-0.05, 0) is 0 Å². The maximum atomic E-state index is 5.24. The molecule has 1 heterocycles. The Morgan fingerprint density at radius 2 is 1.78 bits per heavy atom. The molecule has 1 rings (SSSR count). The lowest BCUT2D eigenvalue weighted by atomic mass is 10.1. The van der Waals surface area contributed by atoms with E-state index < -0.39 is 0 Å². The lowest BCUT2D eigenvalue weighted by Crippen LogP contribution is -3.10. The fraction of sp³-hybridized carbons (Fsp3) is 1.00. The van der Waals surface area contributed by atoms with Crippen LogP contribution < -0.4 is 4.90 Å². The van der Waals surface area contributed by atoms with Gasteiger partial charge < -0.3 is 9.64 Å². The lowest BCUT2D eigenvalue weighted by molar-refractivity contribution is -0.887. The third-order valence-corrected chi connectivity index (χ3v) is 2.04. The Labute approximate surface area is 56.8 Å². The van der Waals surface area contributed by atoms with Crippen molar-refractivity contribution in [3.05, 3.63) is 0 Å². The molecule has 0 aromatic carbocycles. The second-order valence-electron chi connectivity index (χ2n) is 2.96. The number of rotatable bonds is 1. The number of quaternary nitrogens is 1. The molecule has 2 heteroatoms. The van der Waals surface area contributed by atoms with Crippen molar-refractivity contribution in [2.24, 2.45) is 0 Å². The van der Waals surface area contributed by atoms with E-state index in [9.17, 15) is 0 Å². The minimum Gasteiger partial charge on any atom is -0.381 e. The summed E-state index contributed by atoms with van der Waals surface area (Å²) in [6.07, 6.45) is 2.48. The Balaban J connectivity index is 2.23. The SMILES string of the molecule is C[NH+](C)C1CCOCC1. The van der Waals surface area contributed by atoms with Gasteiger partial charge in [-0.15, -0.1) is 0 Å². The molecule has 2 nitrogen and oxygen atoms in total. The van der Waals surface area contributed by atoms with Crippen LogP contribution in [0.3, 0.4) is 0 Å². The van der Waals surface area contributed by atoms with Crippen molar-refractivity contribution < 1.29 is 9.64 Å². The first-order chi connectivity index (χ1) is 4.30. The molecule has 1 N–H and O–H groups in total. The second-order valence-corrected chi connectivity index (χ2v) is 2.96. The van der Waals surface area contributed by atoms with Gasteiger partial charge in [0, 0.05) is 12.8 Å². The van der Waals surface area contributed by atoms with Crippen molar-refractivity contribution in [1.29, 1.82) is 0 Å². The predicted octanol–water partition coefficient (Wildman–Crippen LogP) is -0.690. The van der Waals surface area contributed by atoms with Crippen LogP contribution in [-0.4, -0.2) is 33.4 Å². The highest BCUT2D eigenvalue weighted by molar-refractivity contribution is 4.58. The summed E-state index contributed by atoms with van der Waals surface area (Å²) in [5.74, 6) is 0. The molecule has 0 bridgehead atoms. The first-order valence-electron chi connectivity index (χ1n) is 3.68. The first kappa shape index (κ1) is 7.03. The Kier molecular flexibility index (Phi) is 2.49. The molecule has 1 aliphatic rings. The molecule has 0 radical (unpaired) electrons. The summed E-state index contributed by atoms with van der Waals surface area (Å²) in [5.41, 5.74) is 0. The van der Waals surface area contributed by atoms with Gasteiger partial charge in [-0.1, -0.05) is 0 Å². The number of nitrogens with one attached hydrogen (secondary N) is 1. The zero-order valence-electron chi connectivity index (χ0n) is 6.31. The van der Waals surface area contributed by atoms with Gasteiger partial charge in [-0.3, -0.25) is 0 Å². The van der Waals surface area contributed by atoms with E-state index in [1.54, 1.807) is 4.90 Å². The van der Waals surface area contributed by atoms with Crippen LogP contribution in [0.2, 0.25) is 0 Å². The number of hydrogen-bond donors (Lipinski definition) is 1. The average Bonchev–Trinajstić information content (AvgIpc) is 1.90. The third-order valence-electron chi connectivity index (χ3n) is 2.04.